The monoisotopic (exact) mass is 306 g/mol. The highest BCUT2D eigenvalue weighted by atomic mass is 79.9. The van der Waals surface area contributed by atoms with Gasteiger partial charge < -0.3 is 0 Å². The number of benzene rings is 1. The Balaban J connectivity index is 2.34. The lowest BCUT2D eigenvalue weighted by Crippen LogP contribution is -1.90. The average molecular weight is 307 g/mol. The van der Waals surface area contributed by atoms with Gasteiger partial charge in [0.1, 0.15) is 11.4 Å². The molecule has 0 aliphatic rings. The summed E-state index contributed by atoms with van der Waals surface area (Å²) in [7, 11) is 0. The van der Waals surface area contributed by atoms with Crippen molar-refractivity contribution >= 4 is 38.5 Å². The maximum absolute atomic E-state index is 11.2. The molecule has 17 heavy (non-hydrogen) atoms. The highest BCUT2D eigenvalue weighted by Gasteiger charge is 2.15. The van der Waals surface area contributed by atoms with E-state index in [1.165, 1.54) is 11.3 Å². The molecule has 0 fully saturated rings. The number of imidazole rings is 1. The number of rotatable bonds is 2. The lowest BCUT2D eigenvalue weighted by molar-refractivity contribution is 0.111. The molecule has 0 saturated heterocycles. The Bertz CT molecular complexity index is 701. The third-order valence-electron chi connectivity index (χ3n) is 2.54. The van der Waals surface area contributed by atoms with Crippen LogP contribution in [0.1, 0.15) is 10.5 Å². The Morgan fingerprint density at radius 2 is 2.18 bits per heavy atom. The molecule has 0 aliphatic heterocycles. The molecule has 1 aromatic carbocycles. The predicted molar refractivity (Wildman–Crippen MR) is 71.6 cm³/mol. The van der Waals surface area contributed by atoms with Gasteiger partial charge in [0.25, 0.3) is 0 Å². The van der Waals surface area contributed by atoms with Crippen molar-refractivity contribution in [3.05, 3.63) is 46.0 Å². The number of fused-ring (bicyclic) bond motifs is 1. The van der Waals surface area contributed by atoms with Gasteiger partial charge in [-0.15, -0.1) is 11.3 Å². The van der Waals surface area contributed by atoms with E-state index in [1.807, 2.05) is 40.2 Å². The van der Waals surface area contributed by atoms with Crippen molar-refractivity contribution in [3.63, 3.8) is 0 Å². The highest BCUT2D eigenvalue weighted by Crippen LogP contribution is 2.30. The maximum Gasteiger partial charge on any atom is 0.194 e. The summed E-state index contributed by atoms with van der Waals surface area (Å²) in [6.07, 6.45) is 2.71. The van der Waals surface area contributed by atoms with Crippen molar-refractivity contribution in [2.75, 3.05) is 0 Å². The molecule has 0 aliphatic carbocycles. The van der Waals surface area contributed by atoms with Gasteiger partial charge in [0.15, 0.2) is 11.2 Å². The zero-order chi connectivity index (χ0) is 11.8. The largest absolute Gasteiger partial charge is 0.296 e. The summed E-state index contributed by atoms with van der Waals surface area (Å²) in [5, 5.41) is 1.92. The van der Waals surface area contributed by atoms with Crippen molar-refractivity contribution in [3.8, 4) is 11.3 Å². The molecule has 0 spiro atoms. The van der Waals surface area contributed by atoms with Gasteiger partial charge in [-0.3, -0.25) is 9.20 Å². The fraction of sp³-hybridized carbons (Fsp3) is 0. The molecule has 0 amide bonds. The van der Waals surface area contributed by atoms with E-state index in [9.17, 15) is 4.79 Å². The van der Waals surface area contributed by atoms with E-state index in [0.717, 1.165) is 27.0 Å². The molecule has 84 valence electrons. The minimum Gasteiger partial charge on any atom is -0.296 e. The first-order valence-corrected chi connectivity index (χ1v) is 6.64. The minimum atomic E-state index is 0.591. The predicted octanol–water partition coefficient (Wildman–Crippen LogP) is 3.64. The van der Waals surface area contributed by atoms with Gasteiger partial charge in [-0.05, 0) is 6.07 Å². The first-order valence-electron chi connectivity index (χ1n) is 4.97. The van der Waals surface area contributed by atoms with Crippen molar-refractivity contribution in [2.45, 2.75) is 0 Å². The van der Waals surface area contributed by atoms with E-state index in [0.29, 0.717) is 5.69 Å². The lowest BCUT2D eigenvalue weighted by Gasteiger charge is -2.01. The average Bonchev–Trinajstić information content (AvgIpc) is 2.89. The van der Waals surface area contributed by atoms with E-state index in [2.05, 4.69) is 20.9 Å². The van der Waals surface area contributed by atoms with E-state index < -0.39 is 0 Å². The van der Waals surface area contributed by atoms with Gasteiger partial charge in [-0.1, -0.05) is 34.1 Å². The molecule has 0 saturated carbocycles. The third-order valence-corrected chi connectivity index (χ3v) is 3.99. The topological polar surface area (TPSA) is 34.4 Å². The summed E-state index contributed by atoms with van der Waals surface area (Å²) in [5.74, 6) is 0. The molecular formula is C12H7BrN2OS. The van der Waals surface area contributed by atoms with Gasteiger partial charge in [-0.2, -0.15) is 0 Å². The third kappa shape index (κ3) is 1.62. The van der Waals surface area contributed by atoms with Crippen LogP contribution in [0.3, 0.4) is 0 Å². The molecule has 0 unspecified atom stereocenters. The molecular weight excluding hydrogens is 300 g/mol. The lowest BCUT2D eigenvalue weighted by atomic mass is 10.1. The Kier molecular flexibility index (Phi) is 2.57. The Labute approximate surface area is 110 Å². The quantitative estimate of drug-likeness (QED) is 0.677. The number of thiazole rings is 1. The molecule has 5 heteroatoms. The second-order valence-electron chi connectivity index (χ2n) is 3.50. The summed E-state index contributed by atoms with van der Waals surface area (Å²) in [6, 6.07) is 7.76. The number of carbonyl (C=O) groups excluding carboxylic acids is 1. The summed E-state index contributed by atoms with van der Waals surface area (Å²) < 4.78 is 2.75. The number of carbonyl (C=O) groups is 1. The van der Waals surface area contributed by atoms with Crippen molar-refractivity contribution in [1.82, 2.24) is 9.38 Å². The van der Waals surface area contributed by atoms with Crippen molar-refractivity contribution in [2.24, 2.45) is 0 Å². The highest BCUT2D eigenvalue weighted by molar-refractivity contribution is 9.10. The standard InChI is InChI=1S/C12H7BrN2OS/c13-9-4-2-1-3-8(9)11-10(7-16)15-5-6-17-12(15)14-11/h1-7H. The summed E-state index contributed by atoms with van der Waals surface area (Å²) >= 11 is 5.00. The number of halogens is 1. The zero-order valence-electron chi connectivity index (χ0n) is 8.63. The molecule has 0 atom stereocenters. The first kappa shape index (κ1) is 10.7. The second kappa shape index (κ2) is 4.09. The van der Waals surface area contributed by atoms with E-state index in [4.69, 9.17) is 0 Å². The first-order chi connectivity index (χ1) is 8.31. The van der Waals surface area contributed by atoms with Crippen molar-refractivity contribution in [1.29, 1.82) is 0 Å². The molecule has 0 bridgehead atoms. The molecule has 3 aromatic rings. The number of hydrogen-bond donors (Lipinski definition) is 0. The minimum absolute atomic E-state index is 0.591. The van der Waals surface area contributed by atoms with Crippen LogP contribution in [-0.2, 0) is 0 Å². The Hall–Kier alpha value is -1.46. The van der Waals surface area contributed by atoms with Gasteiger partial charge in [0, 0.05) is 21.6 Å². The summed E-state index contributed by atoms with van der Waals surface area (Å²) in [5.41, 5.74) is 2.25. The molecule has 0 radical (unpaired) electrons. The van der Waals surface area contributed by atoms with Crippen LogP contribution in [0, 0.1) is 0 Å². The normalized spacial score (nSPS) is 10.9. The number of aromatic nitrogens is 2. The number of aldehydes is 1. The van der Waals surface area contributed by atoms with Gasteiger partial charge in [0.2, 0.25) is 0 Å². The van der Waals surface area contributed by atoms with Crippen LogP contribution in [0.15, 0.2) is 40.3 Å². The maximum atomic E-state index is 11.2. The molecule has 2 heterocycles. The molecule has 3 rings (SSSR count). The zero-order valence-corrected chi connectivity index (χ0v) is 11.0. The SMILES string of the molecule is O=Cc1c(-c2ccccc2Br)nc2sccn12. The number of hydrogen-bond acceptors (Lipinski definition) is 3. The van der Waals surface area contributed by atoms with Crippen LogP contribution >= 0.6 is 27.3 Å². The van der Waals surface area contributed by atoms with Crippen LogP contribution < -0.4 is 0 Å². The van der Waals surface area contributed by atoms with Crippen LogP contribution in [-0.4, -0.2) is 15.7 Å². The second-order valence-corrected chi connectivity index (χ2v) is 5.23. The van der Waals surface area contributed by atoms with Gasteiger partial charge in [0.05, 0.1) is 0 Å². The summed E-state index contributed by atoms with van der Waals surface area (Å²) in [6.45, 7) is 0. The van der Waals surface area contributed by atoms with Crippen LogP contribution in [0.25, 0.3) is 16.2 Å². The molecule has 2 aromatic heterocycles. The van der Waals surface area contributed by atoms with Crippen LogP contribution in [0.5, 0.6) is 0 Å². The molecule has 3 nitrogen and oxygen atoms in total. The Morgan fingerprint density at radius 1 is 1.35 bits per heavy atom. The van der Waals surface area contributed by atoms with Crippen LogP contribution in [0.4, 0.5) is 0 Å². The van der Waals surface area contributed by atoms with Gasteiger partial charge >= 0.3 is 0 Å². The van der Waals surface area contributed by atoms with Gasteiger partial charge in [-0.25, -0.2) is 4.98 Å². The smallest absolute Gasteiger partial charge is 0.194 e. The van der Waals surface area contributed by atoms with E-state index in [1.54, 1.807) is 0 Å². The molecule has 0 N–H and O–H groups in total. The Morgan fingerprint density at radius 3 is 2.94 bits per heavy atom. The van der Waals surface area contributed by atoms with E-state index >= 15 is 0 Å². The summed E-state index contributed by atoms with van der Waals surface area (Å²) in [4.78, 5) is 16.5. The van der Waals surface area contributed by atoms with Crippen molar-refractivity contribution < 1.29 is 4.79 Å². The number of nitrogens with zero attached hydrogens (tertiary/aromatic N) is 2. The van der Waals surface area contributed by atoms with Crippen LogP contribution in [0.2, 0.25) is 0 Å². The van der Waals surface area contributed by atoms with E-state index in [-0.39, 0.29) is 0 Å². The fourth-order valence-electron chi connectivity index (χ4n) is 1.77. The fourth-order valence-corrected chi connectivity index (χ4v) is 2.96.